The summed E-state index contributed by atoms with van der Waals surface area (Å²) in [5, 5.41) is 0.219. The lowest BCUT2D eigenvalue weighted by molar-refractivity contribution is -0.125. The third kappa shape index (κ3) is 3.67. The van der Waals surface area contributed by atoms with Crippen LogP contribution in [0.15, 0.2) is 30.3 Å². The molecule has 1 heterocycles. The van der Waals surface area contributed by atoms with Gasteiger partial charge in [-0.15, -0.1) is 0 Å². The van der Waals surface area contributed by atoms with Gasteiger partial charge in [0.2, 0.25) is 0 Å². The van der Waals surface area contributed by atoms with Crippen molar-refractivity contribution < 1.29 is 22.2 Å². The van der Waals surface area contributed by atoms with Crippen LogP contribution in [0, 0.1) is 11.8 Å². The van der Waals surface area contributed by atoms with Crippen LogP contribution in [-0.2, 0) is 19.7 Å². The molecule has 0 amide bonds. The van der Waals surface area contributed by atoms with E-state index in [1.54, 1.807) is 24.3 Å². The molecule has 2 unspecified atom stereocenters. The van der Waals surface area contributed by atoms with Gasteiger partial charge < -0.3 is 4.18 Å². The molecule has 3 aliphatic carbocycles. The van der Waals surface area contributed by atoms with Crippen molar-refractivity contribution in [2.75, 3.05) is 0 Å². The Hall–Kier alpha value is -2.28. The smallest absolute Gasteiger partial charge is 0.312 e. The summed E-state index contributed by atoms with van der Waals surface area (Å²) in [4.78, 5) is 30.7. The van der Waals surface area contributed by atoms with E-state index in [1.807, 2.05) is 6.07 Å². The number of para-hydroxylation sites is 1. The van der Waals surface area contributed by atoms with E-state index >= 15 is 0 Å². The second kappa shape index (κ2) is 8.01. The predicted octanol–water partition coefficient (Wildman–Crippen LogP) is 4.32. The first-order valence-electron chi connectivity index (χ1n) is 11.4. The number of carbonyl (C=O) groups excluding carboxylic acids is 2. The SMILES string of the molecule is O=C1C(c2ccc3cccc(OS(=O)(=O)C4CCCCC4)c3n2)C(=O)C2CCCCC12. The summed E-state index contributed by atoms with van der Waals surface area (Å²) in [6, 6.07) is 8.66. The number of benzene rings is 1. The molecule has 0 spiro atoms. The van der Waals surface area contributed by atoms with Crippen LogP contribution in [0.2, 0.25) is 0 Å². The Labute approximate surface area is 182 Å². The average molecular weight is 442 g/mol. The topological polar surface area (TPSA) is 90.4 Å². The summed E-state index contributed by atoms with van der Waals surface area (Å²) in [6.45, 7) is 0. The standard InChI is InChI=1S/C24H27NO5S/c26-23-17-10-4-5-11-18(17)24(27)21(23)19-14-13-15-7-6-12-20(22(15)25-19)30-31(28,29)16-8-2-1-3-9-16/h6-7,12-14,16-18,21H,1-5,8-11H2. The summed E-state index contributed by atoms with van der Waals surface area (Å²) in [7, 11) is -3.77. The lowest BCUT2D eigenvalue weighted by Gasteiger charge is -2.21. The molecule has 0 N–H and O–H groups in total. The molecule has 164 valence electrons. The van der Waals surface area contributed by atoms with Crippen molar-refractivity contribution in [1.29, 1.82) is 0 Å². The molecule has 0 bridgehead atoms. The molecule has 3 saturated carbocycles. The van der Waals surface area contributed by atoms with E-state index in [0.717, 1.165) is 50.3 Å². The molecule has 7 heteroatoms. The molecule has 2 atom stereocenters. The highest BCUT2D eigenvalue weighted by Gasteiger charge is 2.50. The zero-order valence-corrected chi connectivity index (χ0v) is 18.3. The van der Waals surface area contributed by atoms with Crippen LogP contribution in [0.25, 0.3) is 10.9 Å². The van der Waals surface area contributed by atoms with Crippen LogP contribution in [0.4, 0.5) is 0 Å². The molecule has 0 radical (unpaired) electrons. The van der Waals surface area contributed by atoms with Crippen LogP contribution < -0.4 is 4.18 Å². The lowest BCUT2D eigenvalue weighted by atomic mass is 9.81. The van der Waals surface area contributed by atoms with Crippen LogP contribution in [0.1, 0.15) is 69.4 Å². The van der Waals surface area contributed by atoms with Crippen molar-refractivity contribution in [2.24, 2.45) is 11.8 Å². The summed E-state index contributed by atoms with van der Waals surface area (Å²) in [5.74, 6) is -1.13. The van der Waals surface area contributed by atoms with Gasteiger partial charge >= 0.3 is 10.1 Å². The van der Waals surface area contributed by atoms with Gasteiger partial charge in [0, 0.05) is 17.2 Å². The number of pyridine rings is 1. The minimum absolute atomic E-state index is 0.0326. The highest BCUT2D eigenvalue weighted by molar-refractivity contribution is 7.87. The summed E-state index contributed by atoms with van der Waals surface area (Å²) >= 11 is 0. The van der Waals surface area contributed by atoms with E-state index in [9.17, 15) is 18.0 Å². The number of hydrogen-bond donors (Lipinski definition) is 0. The number of ketones is 2. The quantitative estimate of drug-likeness (QED) is 0.518. The summed E-state index contributed by atoms with van der Waals surface area (Å²) in [6.07, 6.45) is 7.56. The first-order valence-corrected chi connectivity index (χ1v) is 12.8. The Kier molecular flexibility index (Phi) is 5.32. The van der Waals surface area contributed by atoms with Gasteiger partial charge in [0.25, 0.3) is 0 Å². The molecular weight excluding hydrogens is 414 g/mol. The second-order valence-corrected chi connectivity index (χ2v) is 11.0. The molecule has 0 saturated heterocycles. The van der Waals surface area contributed by atoms with Gasteiger partial charge in [-0.25, -0.2) is 4.98 Å². The summed E-state index contributed by atoms with van der Waals surface area (Å²) in [5.41, 5.74) is 0.790. The fourth-order valence-electron chi connectivity index (χ4n) is 5.58. The van der Waals surface area contributed by atoms with E-state index in [0.29, 0.717) is 24.1 Å². The third-order valence-corrected chi connectivity index (χ3v) is 8.93. The van der Waals surface area contributed by atoms with Gasteiger partial charge in [-0.05, 0) is 37.8 Å². The van der Waals surface area contributed by atoms with Crippen molar-refractivity contribution >= 4 is 32.6 Å². The van der Waals surface area contributed by atoms with Crippen molar-refractivity contribution in [2.45, 2.75) is 69.0 Å². The Morgan fingerprint density at radius 1 is 0.806 bits per heavy atom. The number of hydrogen-bond acceptors (Lipinski definition) is 6. The zero-order chi connectivity index (χ0) is 21.6. The normalized spacial score (nSPS) is 27.4. The van der Waals surface area contributed by atoms with Gasteiger partial charge in [0.05, 0.1) is 10.9 Å². The second-order valence-electron chi connectivity index (χ2n) is 9.14. The lowest BCUT2D eigenvalue weighted by Crippen LogP contribution is -2.28. The molecule has 3 aliphatic rings. The molecule has 2 aromatic rings. The maximum Gasteiger partial charge on any atom is 0.312 e. The highest BCUT2D eigenvalue weighted by Crippen LogP contribution is 2.44. The molecule has 6 nitrogen and oxygen atoms in total. The number of aromatic nitrogens is 1. The zero-order valence-electron chi connectivity index (χ0n) is 17.5. The van der Waals surface area contributed by atoms with E-state index in [-0.39, 0.29) is 29.2 Å². The molecule has 1 aromatic carbocycles. The molecule has 31 heavy (non-hydrogen) atoms. The number of nitrogens with zero attached hydrogens (tertiary/aromatic N) is 1. The third-order valence-electron chi connectivity index (χ3n) is 7.23. The number of fused-ring (bicyclic) bond motifs is 2. The fourth-order valence-corrected chi connectivity index (χ4v) is 7.01. The van der Waals surface area contributed by atoms with Crippen LogP contribution in [0.5, 0.6) is 5.75 Å². The Morgan fingerprint density at radius 2 is 1.45 bits per heavy atom. The number of carbonyl (C=O) groups is 2. The van der Waals surface area contributed by atoms with E-state index in [2.05, 4.69) is 4.98 Å². The fraction of sp³-hybridized carbons (Fsp3) is 0.542. The minimum atomic E-state index is -3.77. The Balaban J connectivity index is 1.50. The molecule has 5 rings (SSSR count). The first kappa shape index (κ1) is 20.6. The molecule has 1 aromatic heterocycles. The first-order chi connectivity index (χ1) is 15.0. The largest absolute Gasteiger partial charge is 0.380 e. The van der Waals surface area contributed by atoms with E-state index in [4.69, 9.17) is 4.18 Å². The van der Waals surface area contributed by atoms with E-state index in [1.165, 1.54) is 0 Å². The maximum atomic E-state index is 13.0. The maximum absolute atomic E-state index is 13.0. The number of Topliss-reactive ketones (excluding diaryl/α,β-unsaturated/α-hetero) is 2. The van der Waals surface area contributed by atoms with Crippen molar-refractivity contribution in [3.63, 3.8) is 0 Å². The van der Waals surface area contributed by atoms with Gasteiger partial charge in [-0.3, -0.25) is 9.59 Å². The van der Waals surface area contributed by atoms with Crippen molar-refractivity contribution in [1.82, 2.24) is 4.98 Å². The Bertz CT molecular complexity index is 1110. The molecule has 0 aliphatic heterocycles. The van der Waals surface area contributed by atoms with Gasteiger partial charge in [-0.2, -0.15) is 8.42 Å². The van der Waals surface area contributed by atoms with Crippen molar-refractivity contribution in [3.8, 4) is 5.75 Å². The van der Waals surface area contributed by atoms with Gasteiger partial charge in [0.15, 0.2) is 17.3 Å². The molecular formula is C24H27NO5S. The highest BCUT2D eigenvalue weighted by atomic mass is 32.2. The van der Waals surface area contributed by atoms with Crippen molar-refractivity contribution in [3.05, 3.63) is 36.0 Å². The van der Waals surface area contributed by atoms with Gasteiger partial charge in [0.1, 0.15) is 11.4 Å². The van der Waals surface area contributed by atoms with Crippen LogP contribution in [-0.4, -0.2) is 30.2 Å². The monoisotopic (exact) mass is 441 g/mol. The Morgan fingerprint density at radius 3 is 2.13 bits per heavy atom. The molecule has 3 fully saturated rings. The average Bonchev–Trinajstić information content (AvgIpc) is 3.04. The summed E-state index contributed by atoms with van der Waals surface area (Å²) < 4.78 is 31.3. The van der Waals surface area contributed by atoms with Crippen LogP contribution in [0.3, 0.4) is 0 Å². The predicted molar refractivity (Wildman–Crippen MR) is 116 cm³/mol. The van der Waals surface area contributed by atoms with E-state index < -0.39 is 21.3 Å². The van der Waals surface area contributed by atoms with Gasteiger partial charge in [-0.1, -0.05) is 50.3 Å². The number of rotatable bonds is 4. The minimum Gasteiger partial charge on any atom is -0.380 e. The van der Waals surface area contributed by atoms with Crippen LogP contribution >= 0.6 is 0 Å².